The van der Waals surface area contributed by atoms with Crippen molar-refractivity contribution in [1.82, 2.24) is 19.8 Å². The Morgan fingerprint density at radius 1 is 1.20 bits per heavy atom. The summed E-state index contributed by atoms with van der Waals surface area (Å²) in [7, 11) is -3.10. The van der Waals surface area contributed by atoms with Gasteiger partial charge in [0, 0.05) is 44.0 Å². The number of amides is 1. The van der Waals surface area contributed by atoms with E-state index in [1.807, 2.05) is 18.2 Å². The molecule has 10 nitrogen and oxygen atoms in total. The molecular weight excluding hydrogens is 575 g/mol. The fourth-order valence-corrected chi connectivity index (χ4v) is 6.41. The normalized spacial score (nSPS) is 21.5. The zero-order valence-electron chi connectivity index (χ0n) is 23.3. The highest BCUT2D eigenvalue weighted by Gasteiger charge is 2.41. The van der Waals surface area contributed by atoms with Gasteiger partial charge in [0.1, 0.15) is 18.1 Å². The van der Waals surface area contributed by atoms with Crippen LogP contribution >= 0.6 is 23.2 Å². The fraction of sp³-hybridized carbons (Fsp3) is 0.593. The molecule has 2 aromatic rings. The minimum Gasteiger partial charge on any atom is -0.491 e. The number of anilines is 1. The second-order valence-electron chi connectivity index (χ2n) is 10.9. The number of carbonyl (C=O) groups excluding carboxylic acids is 1. The number of hydrogen-bond donors (Lipinski definition) is 1. The Balaban J connectivity index is 1.34. The minimum absolute atomic E-state index is 0.0476. The van der Waals surface area contributed by atoms with Crippen molar-refractivity contribution in [2.24, 2.45) is 5.73 Å². The summed E-state index contributed by atoms with van der Waals surface area (Å²) in [6, 6.07) is 6.19. The van der Waals surface area contributed by atoms with E-state index in [4.69, 9.17) is 33.7 Å². The summed E-state index contributed by atoms with van der Waals surface area (Å²) in [4.78, 5) is 27.2. The molecule has 0 spiro atoms. The molecule has 13 heteroatoms. The number of piperidine rings is 1. The number of nitrogens with zero attached hydrogens (tertiary/aromatic N) is 5. The maximum atomic E-state index is 11.4. The highest BCUT2D eigenvalue weighted by atomic mass is 35.5. The first-order valence-corrected chi connectivity index (χ1v) is 16.4. The van der Waals surface area contributed by atoms with Crippen LogP contribution in [0.4, 0.5) is 5.82 Å². The molecule has 0 radical (unpaired) electrons. The maximum absolute atomic E-state index is 11.4. The largest absolute Gasteiger partial charge is 0.491 e. The predicted molar refractivity (Wildman–Crippen MR) is 158 cm³/mol. The molecule has 1 unspecified atom stereocenters. The number of piperazine rings is 1. The van der Waals surface area contributed by atoms with Crippen LogP contribution in [0.2, 0.25) is 10.2 Å². The van der Waals surface area contributed by atoms with Gasteiger partial charge in [0.2, 0.25) is 0 Å². The van der Waals surface area contributed by atoms with Crippen molar-refractivity contribution in [3.8, 4) is 5.75 Å². The lowest BCUT2D eigenvalue weighted by atomic mass is 9.88. The Hall–Kier alpha value is -2.18. The van der Waals surface area contributed by atoms with Crippen LogP contribution in [0.15, 0.2) is 24.4 Å². The molecule has 220 valence electrons. The van der Waals surface area contributed by atoms with Crippen molar-refractivity contribution >= 4 is 44.8 Å². The monoisotopic (exact) mass is 612 g/mol. The minimum atomic E-state index is -3.10. The number of hydrogen-bond acceptors (Lipinski definition) is 9. The zero-order valence-corrected chi connectivity index (χ0v) is 25.6. The van der Waals surface area contributed by atoms with Gasteiger partial charge in [0.05, 0.1) is 17.0 Å². The summed E-state index contributed by atoms with van der Waals surface area (Å²) in [5.41, 5.74) is 6.41. The van der Waals surface area contributed by atoms with E-state index >= 15 is 0 Å². The van der Waals surface area contributed by atoms with E-state index in [0.717, 1.165) is 64.1 Å². The first-order valence-electron chi connectivity index (χ1n) is 13.5. The third kappa shape index (κ3) is 7.55. The molecule has 40 heavy (non-hydrogen) atoms. The Kier molecular flexibility index (Phi) is 9.82. The summed E-state index contributed by atoms with van der Waals surface area (Å²) >= 11 is 12.7. The fourth-order valence-electron chi connectivity index (χ4n) is 5.60. The van der Waals surface area contributed by atoms with Crippen LogP contribution in [0.5, 0.6) is 5.75 Å². The SMILES string of the molecule is CCC1(C)CN(c2ncc(C(N)=O)nc2Cl)CCN1C1CCN(Cc2ccc(Cl)c(OCCS(C)(=O)=O)c2)CC1. The number of nitrogens with two attached hydrogens (primary N) is 1. The van der Waals surface area contributed by atoms with E-state index in [1.165, 1.54) is 12.5 Å². The van der Waals surface area contributed by atoms with Gasteiger partial charge >= 0.3 is 0 Å². The number of sulfone groups is 1. The van der Waals surface area contributed by atoms with Crippen LogP contribution in [0, 0.1) is 0 Å². The van der Waals surface area contributed by atoms with Crippen molar-refractivity contribution in [2.45, 2.75) is 51.2 Å². The molecule has 2 fully saturated rings. The molecule has 2 aliphatic heterocycles. The number of aromatic nitrogens is 2. The molecule has 0 aliphatic carbocycles. The van der Waals surface area contributed by atoms with E-state index in [9.17, 15) is 13.2 Å². The van der Waals surface area contributed by atoms with Gasteiger partial charge in [-0.15, -0.1) is 0 Å². The molecule has 1 atom stereocenters. The Labute approximate surface area is 246 Å². The maximum Gasteiger partial charge on any atom is 0.268 e. The first-order chi connectivity index (χ1) is 18.9. The highest BCUT2D eigenvalue weighted by Crippen LogP contribution is 2.34. The van der Waals surface area contributed by atoms with Crippen molar-refractivity contribution in [1.29, 1.82) is 0 Å². The van der Waals surface area contributed by atoms with Gasteiger partial charge in [-0.3, -0.25) is 14.6 Å². The van der Waals surface area contributed by atoms with Gasteiger partial charge in [0.25, 0.3) is 5.91 Å². The van der Waals surface area contributed by atoms with Crippen LogP contribution in [0.1, 0.15) is 49.2 Å². The van der Waals surface area contributed by atoms with E-state index in [0.29, 0.717) is 22.6 Å². The van der Waals surface area contributed by atoms with Gasteiger partial charge in [-0.05, 0) is 57.0 Å². The summed E-state index contributed by atoms with van der Waals surface area (Å²) < 4.78 is 28.5. The highest BCUT2D eigenvalue weighted by molar-refractivity contribution is 7.90. The number of halogens is 2. The molecule has 0 bridgehead atoms. The number of benzene rings is 1. The summed E-state index contributed by atoms with van der Waals surface area (Å²) in [5, 5.41) is 0.674. The lowest BCUT2D eigenvalue weighted by molar-refractivity contribution is 0.00842. The van der Waals surface area contributed by atoms with E-state index < -0.39 is 15.7 Å². The number of likely N-dealkylation sites (tertiary alicyclic amines) is 1. The lowest BCUT2D eigenvalue weighted by Gasteiger charge is -2.53. The summed E-state index contributed by atoms with van der Waals surface area (Å²) in [6.07, 6.45) is 5.68. The second kappa shape index (κ2) is 12.8. The molecule has 2 saturated heterocycles. The number of primary amides is 1. The average Bonchev–Trinajstić information content (AvgIpc) is 2.90. The van der Waals surface area contributed by atoms with Crippen LogP contribution in [-0.4, -0.2) is 97.0 Å². The van der Waals surface area contributed by atoms with Gasteiger partial charge in [0.15, 0.2) is 20.8 Å². The van der Waals surface area contributed by atoms with Crippen LogP contribution in [-0.2, 0) is 16.4 Å². The van der Waals surface area contributed by atoms with E-state index in [2.05, 4.69) is 38.5 Å². The predicted octanol–water partition coefficient (Wildman–Crippen LogP) is 3.26. The third-order valence-electron chi connectivity index (χ3n) is 7.97. The topological polar surface area (TPSA) is 122 Å². The zero-order chi connectivity index (χ0) is 29.1. The average molecular weight is 614 g/mol. The van der Waals surface area contributed by atoms with Gasteiger partial charge in [-0.25, -0.2) is 18.4 Å². The van der Waals surface area contributed by atoms with E-state index in [-0.39, 0.29) is 28.7 Å². The summed E-state index contributed by atoms with van der Waals surface area (Å²) in [5.74, 6) is 0.408. The Bertz CT molecular complexity index is 1320. The Morgan fingerprint density at radius 2 is 1.93 bits per heavy atom. The van der Waals surface area contributed by atoms with Crippen molar-refractivity contribution in [3.05, 3.63) is 45.8 Å². The molecule has 1 amide bonds. The molecule has 1 aromatic carbocycles. The second-order valence-corrected chi connectivity index (χ2v) is 14.0. The van der Waals surface area contributed by atoms with Crippen molar-refractivity contribution in [2.75, 3.05) is 56.2 Å². The summed E-state index contributed by atoms with van der Waals surface area (Å²) in [6.45, 7) is 9.74. The molecular formula is C27H38Cl2N6O4S. The van der Waals surface area contributed by atoms with Crippen molar-refractivity contribution < 1.29 is 17.9 Å². The standard InChI is InChI=1S/C27H38Cl2N6O4S/c1-4-27(2)18-34(26-24(29)32-22(16-31-26)25(30)36)11-12-35(27)20-7-9-33(10-8-20)17-19-5-6-21(28)23(15-19)39-13-14-40(3,37)38/h5-6,15-16,20H,4,7-14,17-18H2,1-3H3,(H2,30,36). The smallest absolute Gasteiger partial charge is 0.268 e. The van der Waals surface area contributed by atoms with Gasteiger partial charge in [-0.1, -0.05) is 36.2 Å². The van der Waals surface area contributed by atoms with Crippen LogP contribution in [0.3, 0.4) is 0 Å². The number of carbonyl (C=O) groups is 1. The number of rotatable bonds is 10. The first kappa shape index (κ1) is 30.8. The van der Waals surface area contributed by atoms with Crippen LogP contribution in [0.25, 0.3) is 0 Å². The molecule has 4 rings (SSSR count). The molecule has 2 N–H and O–H groups in total. The van der Waals surface area contributed by atoms with Gasteiger partial charge in [-0.2, -0.15) is 0 Å². The molecule has 0 saturated carbocycles. The Morgan fingerprint density at radius 3 is 2.55 bits per heavy atom. The van der Waals surface area contributed by atoms with Crippen molar-refractivity contribution in [3.63, 3.8) is 0 Å². The number of ether oxygens (including phenoxy) is 1. The molecule has 1 aromatic heterocycles. The molecule has 3 heterocycles. The van der Waals surface area contributed by atoms with Crippen LogP contribution < -0.4 is 15.4 Å². The molecule has 2 aliphatic rings. The van der Waals surface area contributed by atoms with E-state index in [1.54, 1.807) is 0 Å². The lowest BCUT2D eigenvalue weighted by Crippen LogP contribution is -2.64. The third-order valence-corrected chi connectivity index (χ3v) is 9.45. The quantitative estimate of drug-likeness (QED) is 0.430. The van der Waals surface area contributed by atoms with Gasteiger partial charge < -0.3 is 15.4 Å².